The van der Waals surface area contributed by atoms with Crippen molar-refractivity contribution in [3.8, 4) is 11.1 Å². The van der Waals surface area contributed by atoms with Gasteiger partial charge in [0.2, 0.25) is 0 Å². The maximum Gasteiger partial charge on any atom is 0.128 e. The molecule has 1 aromatic heterocycles. The van der Waals surface area contributed by atoms with Gasteiger partial charge >= 0.3 is 0 Å². The minimum Gasteiger partial charge on any atom is -0.383 e. The summed E-state index contributed by atoms with van der Waals surface area (Å²) in [5.41, 5.74) is 12.6. The van der Waals surface area contributed by atoms with E-state index in [-0.39, 0.29) is 0 Å². The lowest BCUT2D eigenvalue weighted by atomic mass is 9.94. The normalized spacial score (nSPS) is 13.7. The second kappa shape index (κ2) is 5.86. The number of pyridine rings is 1. The molecule has 21 heavy (non-hydrogen) atoms. The molecule has 0 amide bonds. The molecule has 3 rings (SSSR count). The number of benzene rings is 1. The zero-order valence-electron chi connectivity index (χ0n) is 12.8. The minimum absolute atomic E-state index is 0.432. The summed E-state index contributed by atoms with van der Waals surface area (Å²) < 4.78 is 0. The number of hydrogen-bond acceptors (Lipinski definition) is 3. The Morgan fingerprint density at radius 1 is 1.19 bits per heavy atom. The summed E-state index contributed by atoms with van der Waals surface area (Å²) in [4.78, 5) is 4.66. The standard InChI is InChI=1S/C18H23N3/c1-12(2)20-11-15-17(13-7-4-3-5-8-13)14-9-6-10-16(14)21-18(15)19/h3-5,7-8,12,20H,6,9-11H2,1-2H3,(H2,19,21). The molecule has 1 aliphatic carbocycles. The van der Waals surface area contributed by atoms with Crippen molar-refractivity contribution in [1.29, 1.82) is 0 Å². The van der Waals surface area contributed by atoms with Crippen molar-refractivity contribution >= 4 is 5.82 Å². The molecule has 0 fully saturated rings. The molecular weight excluding hydrogens is 258 g/mol. The predicted molar refractivity (Wildman–Crippen MR) is 88.1 cm³/mol. The van der Waals surface area contributed by atoms with E-state index in [0.29, 0.717) is 11.9 Å². The molecule has 0 radical (unpaired) electrons. The molecule has 110 valence electrons. The Labute approximate surface area is 126 Å². The monoisotopic (exact) mass is 281 g/mol. The van der Waals surface area contributed by atoms with Crippen LogP contribution in [0, 0.1) is 0 Å². The number of aromatic nitrogens is 1. The van der Waals surface area contributed by atoms with Gasteiger partial charge in [-0.05, 0) is 36.0 Å². The molecule has 3 N–H and O–H groups in total. The number of rotatable bonds is 4. The second-order valence-corrected chi connectivity index (χ2v) is 6.03. The van der Waals surface area contributed by atoms with Gasteiger partial charge in [-0.3, -0.25) is 0 Å². The zero-order chi connectivity index (χ0) is 14.8. The molecule has 0 unspecified atom stereocenters. The molecular formula is C18H23N3. The van der Waals surface area contributed by atoms with Gasteiger partial charge in [0, 0.05) is 23.8 Å². The molecule has 1 aromatic carbocycles. The fourth-order valence-corrected chi connectivity index (χ4v) is 3.08. The highest BCUT2D eigenvalue weighted by Crippen LogP contribution is 2.36. The van der Waals surface area contributed by atoms with E-state index in [4.69, 9.17) is 5.73 Å². The van der Waals surface area contributed by atoms with Crippen LogP contribution < -0.4 is 11.1 Å². The zero-order valence-corrected chi connectivity index (χ0v) is 12.8. The first-order chi connectivity index (χ1) is 10.2. The highest BCUT2D eigenvalue weighted by atomic mass is 14.9. The van der Waals surface area contributed by atoms with E-state index in [1.807, 2.05) is 0 Å². The van der Waals surface area contributed by atoms with Gasteiger partial charge in [0.05, 0.1) is 0 Å². The van der Waals surface area contributed by atoms with Gasteiger partial charge in [0.25, 0.3) is 0 Å². The van der Waals surface area contributed by atoms with Crippen LogP contribution in [-0.2, 0) is 19.4 Å². The fraction of sp³-hybridized carbons (Fsp3) is 0.389. The number of aryl methyl sites for hydroxylation is 1. The third-order valence-corrected chi connectivity index (χ3v) is 4.11. The highest BCUT2D eigenvalue weighted by molar-refractivity contribution is 5.76. The van der Waals surface area contributed by atoms with Crippen molar-refractivity contribution < 1.29 is 0 Å². The quantitative estimate of drug-likeness (QED) is 0.904. The summed E-state index contributed by atoms with van der Waals surface area (Å²) in [5, 5.41) is 3.48. The molecule has 3 heteroatoms. The topological polar surface area (TPSA) is 50.9 Å². The molecule has 0 spiro atoms. The summed E-state index contributed by atoms with van der Waals surface area (Å²) >= 11 is 0. The molecule has 3 nitrogen and oxygen atoms in total. The SMILES string of the molecule is CC(C)NCc1c(N)nc2c(c1-c1ccccc1)CCC2. The van der Waals surface area contributed by atoms with Crippen LogP contribution in [0.15, 0.2) is 30.3 Å². The third kappa shape index (κ3) is 2.79. The first kappa shape index (κ1) is 14.1. The Morgan fingerprint density at radius 2 is 1.95 bits per heavy atom. The van der Waals surface area contributed by atoms with Gasteiger partial charge < -0.3 is 11.1 Å². The second-order valence-electron chi connectivity index (χ2n) is 6.03. The number of hydrogen-bond donors (Lipinski definition) is 2. The van der Waals surface area contributed by atoms with E-state index in [1.54, 1.807) is 0 Å². The number of nitrogens with zero attached hydrogens (tertiary/aromatic N) is 1. The van der Waals surface area contributed by atoms with Crippen molar-refractivity contribution in [3.63, 3.8) is 0 Å². The van der Waals surface area contributed by atoms with Gasteiger partial charge in [0.15, 0.2) is 0 Å². The Bertz CT molecular complexity index is 633. The Kier molecular flexibility index (Phi) is 3.93. The first-order valence-electron chi connectivity index (χ1n) is 7.75. The third-order valence-electron chi connectivity index (χ3n) is 4.11. The van der Waals surface area contributed by atoms with Crippen molar-refractivity contribution in [2.75, 3.05) is 5.73 Å². The van der Waals surface area contributed by atoms with Crippen molar-refractivity contribution in [3.05, 3.63) is 47.2 Å². The molecule has 0 atom stereocenters. The average molecular weight is 281 g/mol. The van der Waals surface area contributed by atoms with Gasteiger partial charge in [-0.15, -0.1) is 0 Å². The van der Waals surface area contributed by atoms with Gasteiger partial charge in [-0.25, -0.2) is 4.98 Å². The summed E-state index contributed by atoms with van der Waals surface area (Å²) in [6, 6.07) is 11.0. The summed E-state index contributed by atoms with van der Waals surface area (Å²) in [5.74, 6) is 0.683. The number of nitrogen functional groups attached to an aromatic ring is 1. The largest absolute Gasteiger partial charge is 0.383 e. The maximum absolute atomic E-state index is 6.27. The highest BCUT2D eigenvalue weighted by Gasteiger charge is 2.22. The summed E-state index contributed by atoms with van der Waals surface area (Å²) in [6.07, 6.45) is 3.35. The van der Waals surface area contributed by atoms with Gasteiger partial charge in [-0.2, -0.15) is 0 Å². The van der Waals surface area contributed by atoms with E-state index < -0.39 is 0 Å². The summed E-state index contributed by atoms with van der Waals surface area (Å²) in [6.45, 7) is 5.08. The molecule has 0 aliphatic heterocycles. The first-order valence-corrected chi connectivity index (χ1v) is 7.75. The maximum atomic E-state index is 6.27. The van der Waals surface area contributed by atoms with Crippen molar-refractivity contribution in [2.45, 2.75) is 45.7 Å². The number of fused-ring (bicyclic) bond motifs is 1. The van der Waals surface area contributed by atoms with Crippen molar-refractivity contribution in [2.24, 2.45) is 0 Å². The Balaban J connectivity index is 2.14. The fourth-order valence-electron chi connectivity index (χ4n) is 3.08. The van der Waals surface area contributed by atoms with Crippen molar-refractivity contribution in [1.82, 2.24) is 10.3 Å². The molecule has 1 aliphatic rings. The number of anilines is 1. The van der Waals surface area contributed by atoms with E-state index >= 15 is 0 Å². The summed E-state index contributed by atoms with van der Waals surface area (Å²) in [7, 11) is 0. The Morgan fingerprint density at radius 3 is 2.67 bits per heavy atom. The van der Waals surface area contributed by atoms with Crippen LogP contribution in [0.5, 0.6) is 0 Å². The van der Waals surface area contributed by atoms with Crippen LogP contribution >= 0.6 is 0 Å². The van der Waals surface area contributed by atoms with Crippen LogP contribution in [0.4, 0.5) is 5.82 Å². The smallest absolute Gasteiger partial charge is 0.128 e. The van der Waals surface area contributed by atoms with E-state index in [0.717, 1.165) is 24.9 Å². The lowest BCUT2D eigenvalue weighted by molar-refractivity contribution is 0.589. The average Bonchev–Trinajstić information content (AvgIpc) is 2.92. The van der Waals surface area contributed by atoms with Crippen LogP contribution in [-0.4, -0.2) is 11.0 Å². The van der Waals surface area contributed by atoms with Gasteiger partial charge in [-0.1, -0.05) is 44.2 Å². The lowest BCUT2D eigenvalue weighted by Gasteiger charge is -2.18. The molecule has 1 heterocycles. The van der Waals surface area contributed by atoms with Crippen LogP contribution in [0.25, 0.3) is 11.1 Å². The number of nitrogens with two attached hydrogens (primary N) is 1. The van der Waals surface area contributed by atoms with Crippen LogP contribution in [0.1, 0.15) is 37.1 Å². The van der Waals surface area contributed by atoms with E-state index in [9.17, 15) is 0 Å². The molecule has 0 bridgehead atoms. The number of nitrogens with one attached hydrogen (secondary N) is 1. The predicted octanol–water partition coefficient (Wildman–Crippen LogP) is 3.32. The lowest BCUT2D eigenvalue weighted by Crippen LogP contribution is -2.23. The van der Waals surface area contributed by atoms with E-state index in [1.165, 1.54) is 28.8 Å². The Hall–Kier alpha value is -1.87. The molecule has 2 aromatic rings. The molecule has 0 saturated heterocycles. The molecule has 0 saturated carbocycles. The van der Waals surface area contributed by atoms with Crippen LogP contribution in [0.2, 0.25) is 0 Å². The van der Waals surface area contributed by atoms with Crippen LogP contribution in [0.3, 0.4) is 0 Å². The van der Waals surface area contributed by atoms with Gasteiger partial charge in [0.1, 0.15) is 5.82 Å². The minimum atomic E-state index is 0.432. The van der Waals surface area contributed by atoms with E-state index in [2.05, 4.69) is 54.5 Å².